The molecule has 5 nitrogen and oxygen atoms in total. The summed E-state index contributed by atoms with van der Waals surface area (Å²) in [5, 5.41) is 0. The molecular weight excluding hydrogens is 300 g/mol. The van der Waals surface area contributed by atoms with Crippen molar-refractivity contribution in [2.24, 2.45) is 5.73 Å². The summed E-state index contributed by atoms with van der Waals surface area (Å²) in [4.78, 5) is 11.3. The number of aromatic nitrogens is 2. The quantitative estimate of drug-likeness (QED) is 0.886. The van der Waals surface area contributed by atoms with E-state index in [4.69, 9.17) is 10.5 Å². The van der Waals surface area contributed by atoms with Crippen LogP contribution in [0.15, 0.2) is 30.3 Å². The third-order valence-electron chi connectivity index (χ3n) is 3.39. The second kappa shape index (κ2) is 8.56. The molecule has 0 unspecified atom stereocenters. The van der Waals surface area contributed by atoms with Crippen molar-refractivity contribution in [1.29, 1.82) is 0 Å². The third-order valence-corrected chi connectivity index (χ3v) is 3.39. The molecule has 0 radical (unpaired) electrons. The van der Waals surface area contributed by atoms with Gasteiger partial charge in [0.1, 0.15) is 5.75 Å². The number of ether oxygens (including phenoxy) is 1. The molecule has 0 bridgehead atoms. The van der Waals surface area contributed by atoms with Gasteiger partial charge in [-0.25, -0.2) is 9.97 Å². The maximum atomic E-state index is 5.77. The van der Waals surface area contributed by atoms with E-state index in [2.05, 4.69) is 28.7 Å². The Hall–Kier alpha value is -1.85. The predicted octanol–water partition coefficient (Wildman–Crippen LogP) is 2.88. The number of halogens is 1. The zero-order chi connectivity index (χ0) is 15.2. The molecule has 0 amide bonds. The molecule has 1 heterocycles. The SMILES string of the molecule is CCN(CC)c1nc(CN)cc(-c2cccc(OC)c2)n1.Cl. The second-order valence-corrected chi connectivity index (χ2v) is 4.65. The molecule has 22 heavy (non-hydrogen) atoms. The van der Waals surface area contributed by atoms with Crippen LogP contribution >= 0.6 is 12.4 Å². The normalized spacial score (nSPS) is 10.0. The number of nitrogens with two attached hydrogens (primary N) is 1. The maximum absolute atomic E-state index is 5.77. The van der Waals surface area contributed by atoms with E-state index < -0.39 is 0 Å². The Balaban J connectivity index is 0.00000242. The van der Waals surface area contributed by atoms with Crippen LogP contribution in [0, 0.1) is 0 Å². The van der Waals surface area contributed by atoms with Crippen molar-refractivity contribution in [3.05, 3.63) is 36.0 Å². The Bertz CT molecular complexity index is 602. The number of rotatable bonds is 6. The number of hydrogen-bond donors (Lipinski definition) is 1. The summed E-state index contributed by atoms with van der Waals surface area (Å²) in [7, 11) is 1.66. The highest BCUT2D eigenvalue weighted by atomic mass is 35.5. The topological polar surface area (TPSA) is 64.3 Å². The fourth-order valence-corrected chi connectivity index (χ4v) is 2.17. The van der Waals surface area contributed by atoms with Crippen molar-refractivity contribution in [1.82, 2.24) is 9.97 Å². The number of benzene rings is 1. The zero-order valence-corrected chi connectivity index (χ0v) is 14.1. The first kappa shape index (κ1) is 18.2. The molecular formula is C16H23ClN4O. The lowest BCUT2D eigenvalue weighted by Crippen LogP contribution is -2.25. The Kier molecular flexibility index (Phi) is 7.08. The van der Waals surface area contributed by atoms with Gasteiger partial charge in [0.2, 0.25) is 5.95 Å². The monoisotopic (exact) mass is 322 g/mol. The van der Waals surface area contributed by atoms with Crippen LogP contribution in [-0.4, -0.2) is 30.2 Å². The lowest BCUT2D eigenvalue weighted by Gasteiger charge is -2.20. The van der Waals surface area contributed by atoms with Gasteiger partial charge in [-0.2, -0.15) is 0 Å². The highest BCUT2D eigenvalue weighted by molar-refractivity contribution is 5.85. The molecule has 0 atom stereocenters. The summed E-state index contributed by atoms with van der Waals surface area (Å²) in [5.74, 6) is 1.53. The Morgan fingerprint density at radius 1 is 1.14 bits per heavy atom. The summed E-state index contributed by atoms with van der Waals surface area (Å²) in [6.07, 6.45) is 0. The predicted molar refractivity (Wildman–Crippen MR) is 92.7 cm³/mol. The number of anilines is 1. The van der Waals surface area contributed by atoms with E-state index in [0.29, 0.717) is 6.54 Å². The standard InChI is InChI=1S/C16H22N4O.ClH/c1-4-20(5-2)16-18-13(11-17)10-15(19-16)12-7-6-8-14(9-12)21-3;/h6-10H,4-5,11,17H2,1-3H3;1H. The summed E-state index contributed by atoms with van der Waals surface area (Å²) >= 11 is 0. The fourth-order valence-electron chi connectivity index (χ4n) is 2.17. The zero-order valence-electron chi connectivity index (χ0n) is 13.2. The molecule has 0 saturated heterocycles. The smallest absolute Gasteiger partial charge is 0.226 e. The van der Waals surface area contributed by atoms with Crippen molar-refractivity contribution in [3.8, 4) is 17.0 Å². The molecule has 6 heteroatoms. The molecule has 1 aromatic heterocycles. The molecule has 120 valence electrons. The molecule has 0 aliphatic rings. The molecule has 0 aliphatic carbocycles. The largest absolute Gasteiger partial charge is 0.497 e. The van der Waals surface area contributed by atoms with E-state index in [1.165, 1.54) is 0 Å². The van der Waals surface area contributed by atoms with Gasteiger partial charge in [-0.3, -0.25) is 0 Å². The van der Waals surface area contributed by atoms with Crippen LogP contribution in [0.5, 0.6) is 5.75 Å². The molecule has 0 saturated carbocycles. The van der Waals surface area contributed by atoms with Gasteiger partial charge < -0.3 is 15.4 Å². The summed E-state index contributed by atoms with van der Waals surface area (Å²) in [6, 6.07) is 9.78. The van der Waals surface area contributed by atoms with Gasteiger partial charge in [0, 0.05) is 25.2 Å². The molecule has 0 spiro atoms. The van der Waals surface area contributed by atoms with Crippen LogP contribution in [0.3, 0.4) is 0 Å². The van der Waals surface area contributed by atoms with Crippen molar-refractivity contribution in [2.75, 3.05) is 25.1 Å². The van der Waals surface area contributed by atoms with Gasteiger partial charge in [0.15, 0.2) is 0 Å². The molecule has 0 fully saturated rings. The Labute approximate surface area is 137 Å². The van der Waals surface area contributed by atoms with Gasteiger partial charge in [-0.05, 0) is 32.0 Å². The third kappa shape index (κ3) is 4.08. The van der Waals surface area contributed by atoms with E-state index in [1.54, 1.807) is 7.11 Å². The first-order valence-corrected chi connectivity index (χ1v) is 7.19. The number of nitrogens with zero attached hydrogens (tertiary/aromatic N) is 3. The summed E-state index contributed by atoms with van der Waals surface area (Å²) in [6.45, 7) is 6.30. The van der Waals surface area contributed by atoms with Crippen LogP contribution in [0.1, 0.15) is 19.5 Å². The van der Waals surface area contributed by atoms with Gasteiger partial charge in [0.05, 0.1) is 18.5 Å². The van der Waals surface area contributed by atoms with E-state index in [1.807, 2.05) is 30.3 Å². The number of methoxy groups -OCH3 is 1. The first-order valence-electron chi connectivity index (χ1n) is 7.19. The molecule has 2 N–H and O–H groups in total. The minimum atomic E-state index is 0. The van der Waals surface area contributed by atoms with Gasteiger partial charge in [-0.1, -0.05) is 12.1 Å². The van der Waals surface area contributed by atoms with Gasteiger partial charge in [-0.15, -0.1) is 12.4 Å². The molecule has 1 aromatic carbocycles. The van der Waals surface area contributed by atoms with E-state index in [9.17, 15) is 0 Å². The van der Waals surface area contributed by atoms with Crippen LogP contribution in [0.4, 0.5) is 5.95 Å². The first-order chi connectivity index (χ1) is 10.2. The summed E-state index contributed by atoms with van der Waals surface area (Å²) in [5.41, 5.74) is 8.48. The molecule has 0 aliphatic heterocycles. The van der Waals surface area contributed by atoms with Crippen LogP contribution in [0.2, 0.25) is 0 Å². The highest BCUT2D eigenvalue weighted by Crippen LogP contribution is 2.24. The van der Waals surface area contributed by atoms with Crippen LogP contribution < -0.4 is 15.4 Å². The van der Waals surface area contributed by atoms with Crippen molar-refractivity contribution < 1.29 is 4.74 Å². The van der Waals surface area contributed by atoms with E-state index in [0.717, 1.165) is 41.7 Å². The van der Waals surface area contributed by atoms with Crippen molar-refractivity contribution >= 4 is 18.4 Å². The minimum absolute atomic E-state index is 0. The number of hydrogen-bond acceptors (Lipinski definition) is 5. The lowest BCUT2D eigenvalue weighted by molar-refractivity contribution is 0.415. The van der Waals surface area contributed by atoms with Crippen molar-refractivity contribution in [3.63, 3.8) is 0 Å². The minimum Gasteiger partial charge on any atom is -0.497 e. The van der Waals surface area contributed by atoms with E-state index in [-0.39, 0.29) is 12.4 Å². The molecule has 2 aromatic rings. The van der Waals surface area contributed by atoms with Crippen molar-refractivity contribution in [2.45, 2.75) is 20.4 Å². The Morgan fingerprint density at radius 3 is 2.45 bits per heavy atom. The lowest BCUT2D eigenvalue weighted by atomic mass is 10.1. The maximum Gasteiger partial charge on any atom is 0.226 e. The second-order valence-electron chi connectivity index (χ2n) is 4.65. The van der Waals surface area contributed by atoms with Gasteiger partial charge >= 0.3 is 0 Å². The Morgan fingerprint density at radius 2 is 1.86 bits per heavy atom. The highest BCUT2D eigenvalue weighted by Gasteiger charge is 2.11. The summed E-state index contributed by atoms with van der Waals surface area (Å²) < 4.78 is 5.27. The van der Waals surface area contributed by atoms with Gasteiger partial charge in [0.25, 0.3) is 0 Å². The fraction of sp³-hybridized carbons (Fsp3) is 0.375. The van der Waals surface area contributed by atoms with Crippen LogP contribution in [-0.2, 0) is 6.54 Å². The average Bonchev–Trinajstić information content (AvgIpc) is 2.55. The average molecular weight is 323 g/mol. The molecule has 2 rings (SSSR count). The van der Waals surface area contributed by atoms with E-state index >= 15 is 0 Å². The van der Waals surface area contributed by atoms with Crippen LogP contribution in [0.25, 0.3) is 11.3 Å².